The molecule has 2 rings (SSSR count). The normalized spacial score (nSPS) is 29.2. The van der Waals surface area contributed by atoms with E-state index in [9.17, 15) is 24.9 Å². The summed E-state index contributed by atoms with van der Waals surface area (Å²) in [5, 5.41) is 42.7. The number of carbonyl (C=O) groups excluding carboxylic acids is 2. The Labute approximate surface area is 142 Å². The number of carbonyl (C=O) groups is 2. The van der Waals surface area contributed by atoms with E-state index in [-0.39, 0.29) is 18.9 Å². The van der Waals surface area contributed by atoms with E-state index in [1.165, 1.54) is 6.33 Å². The number of aliphatic hydroxyl groups is 3. The summed E-state index contributed by atoms with van der Waals surface area (Å²) in [6, 6.07) is -1.18. The van der Waals surface area contributed by atoms with Crippen LogP contribution in [0.2, 0.25) is 0 Å². The smallest absolute Gasteiger partial charge is 0.327 e. The van der Waals surface area contributed by atoms with E-state index in [0.29, 0.717) is 6.42 Å². The van der Waals surface area contributed by atoms with E-state index in [1.807, 2.05) is 0 Å². The van der Waals surface area contributed by atoms with Crippen LogP contribution in [0.25, 0.3) is 0 Å². The molecule has 1 fully saturated rings. The molecule has 1 unspecified atom stereocenters. The first-order valence-electron chi connectivity index (χ1n) is 7.77. The summed E-state index contributed by atoms with van der Waals surface area (Å²) < 4.78 is 11.2. The Morgan fingerprint density at radius 2 is 2.08 bits per heavy atom. The van der Waals surface area contributed by atoms with Crippen molar-refractivity contribution in [3.8, 4) is 0 Å². The van der Waals surface area contributed by atoms with Gasteiger partial charge in [-0.25, -0.2) is 4.68 Å². The Hall–Kier alpha value is -2.15. The van der Waals surface area contributed by atoms with Crippen molar-refractivity contribution in [3.05, 3.63) is 6.33 Å². The summed E-state index contributed by atoms with van der Waals surface area (Å²) in [5.74, 6) is -1.07. The number of aromatic nitrogens is 4. The fourth-order valence-corrected chi connectivity index (χ4v) is 2.33. The van der Waals surface area contributed by atoms with Crippen molar-refractivity contribution in [1.82, 2.24) is 25.5 Å². The van der Waals surface area contributed by atoms with Gasteiger partial charge in [0.05, 0.1) is 0 Å². The van der Waals surface area contributed by atoms with Crippen molar-refractivity contribution in [1.29, 1.82) is 0 Å². The maximum absolute atomic E-state index is 11.6. The second-order valence-electron chi connectivity index (χ2n) is 5.58. The highest BCUT2D eigenvalue weighted by Crippen LogP contribution is 2.20. The predicted octanol–water partition coefficient (Wildman–Crippen LogP) is -3.06. The number of nitrogens with one attached hydrogen (secondary N) is 1. The van der Waals surface area contributed by atoms with Gasteiger partial charge in [-0.15, -0.1) is 5.10 Å². The van der Waals surface area contributed by atoms with Crippen molar-refractivity contribution >= 4 is 11.9 Å². The molecular weight excluding hydrogens is 338 g/mol. The van der Waals surface area contributed by atoms with E-state index >= 15 is 0 Å². The summed E-state index contributed by atoms with van der Waals surface area (Å²) in [7, 11) is 0. The lowest BCUT2D eigenvalue weighted by molar-refractivity contribution is -0.255. The fourth-order valence-electron chi connectivity index (χ4n) is 2.33. The lowest BCUT2D eigenvalue weighted by Gasteiger charge is -2.40. The first-order valence-corrected chi connectivity index (χ1v) is 7.77. The molecule has 0 aromatic carbocycles. The van der Waals surface area contributed by atoms with Gasteiger partial charge in [0.15, 0.2) is 6.29 Å². The average molecular weight is 359 g/mol. The van der Waals surface area contributed by atoms with Crippen LogP contribution in [0.1, 0.15) is 19.8 Å². The Morgan fingerprint density at radius 1 is 1.32 bits per heavy atom. The third-order valence-electron chi connectivity index (χ3n) is 3.62. The van der Waals surface area contributed by atoms with Crippen molar-refractivity contribution in [2.75, 3.05) is 6.61 Å². The number of tetrazole rings is 1. The standard InChI is InChI=1S/C13H21N5O7/c1-2-3-8(19)15-10-12(22)11(21)7(25-13(10)23)5-24-9(20)4-18-6-14-16-17-18/h6-7,10-13,21-23H,2-5H2,1H3,(H,15,19)/t7-,10-,11-,12-,13?/m1/s1. The van der Waals surface area contributed by atoms with Crippen LogP contribution < -0.4 is 5.32 Å². The second kappa shape index (κ2) is 8.80. The SMILES string of the molecule is CCCC(=O)N[C@H]1C(O)O[C@H](COC(=O)Cn2cnnn2)[C@@H](O)[C@@H]1O. The van der Waals surface area contributed by atoms with Crippen molar-refractivity contribution in [2.45, 2.75) is 57.0 Å². The molecule has 0 aliphatic carbocycles. The van der Waals surface area contributed by atoms with Crippen LogP contribution in [0.15, 0.2) is 6.33 Å². The number of hydrogen-bond donors (Lipinski definition) is 4. The molecule has 12 nitrogen and oxygen atoms in total. The summed E-state index contributed by atoms with van der Waals surface area (Å²) in [5.41, 5.74) is 0. The third-order valence-corrected chi connectivity index (χ3v) is 3.62. The molecule has 140 valence electrons. The van der Waals surface area contributed by atoms with Gasteiger partial charge in [0.1, 0.15) is 43.8 Å². The molecule has 1 aliphatic heterocycles. The highest BCUT2D eigenvalue weighted by Gasteiger charge is 2.44. The fraction of sp³-hybridized carbons (Fsp3) is 0.769. The molecule has 0 saturated carbocycles. The summed E-state index contributed by atoms with van der Waals surface area (Å²) >= 11 is 0. The van der Waals surface area contributed by atoms with Crippen LogP contribution in [0.3, 0.4) is 0 Å². The van der Waals surface area contributed by atoms with E-state index in [2.05, 4.69) is 20.8 Å². The molecule has 1 amide bonds. The molecule has 1 aliphatic rings. The summed E-state index contributed by atoms with van der Waals surface area (Å²) in [6.45, 7) is 1.17. The maximum Gasteiger partial charge on any atom is 0.327 e. The number of aliphatic hydroxyl groups excluding tert-OH is 3. The molecule has 0 bridgehead atoms. The Morgan fingerprint density at radius 3 is 2.72 bits per heavy atom. The summed E-state index contributed by atoms with van der Waals surface area (Å²) in [6.07, 6.45) is -3.61. The number of nitrogens with zero attached hydrogens (tertiary/aromatic N) is 4. The highest BCUT2D eigenvalue weighted by molar-refractivity contribution is 5.76. The highest BCUT2D eigenvalue weighted by atomic mass is 16.6. The van der Waals surface area contributed by atoms with Crippen LogP contribution in [0, 0.1) is 0 Å². The molecule has 1 aromatic rings. The quantitative estimate of drug-likeness (QED) is 0.367. The van der Waals surface area contributed by atoms with Crippen molar-refractivity contribution < 1.29 is 34.4 Å². The molecule has 4 N–H and O–H groups in total. The van der Waals surface area contributed by atoms with Gasteiger partial charge in [-0.1, -0.05) is 6.92 Å². The first-order chi connectivity index (χ1) is 11.9. The Kier molecular flexibility index (Phi) is 6.75. The zero-order valence-electron chi connectivity index (χ0n) is 13.6. The molecule has 5 atom stereocenters. The molecular formula is C13H21N5O7. The molecule has 2 heterocycles. The second-order valence-corrected chi connectivity index (χ2v) is 5.58. The van der Waals surface area contributed by atoms with E-state index in [1.54, 1.807) is 6.92 Å². The van der Waals surface area contributed by atoms with Gasteiger partial charge in [-0.05, 0) is 16.8 Å². The maximum atomic E-state index is 11.6. The molecule has 25 heavy (non-hydrogen) atoms. The largest absolute Gasteiger partial charge is 0.461 e. The van der Waals surface area contributed by atoms with E-state index in [0.717, 1.165) is 4.68 Å². The van der Waals surface area contributed by atoms with E-state index < -0.39 is 43.2 Å². The minimum atomic E-state index is -1.55. The number of hydrogen-bond acceptors (Lipinski definition) is 10. The molecule has 0 radical (unpaired) electrons. The van der Waals surface area contributed by atoms with Crippen LogP contribution in [-0.4, -0.2) is 84.7 Å². The average Bonchev–Trinajstić information content (AvgIpc) is 3.07. The van der Waals surface area contributed by atoms with Crippen LogP contribution in [0.4, 0.5) is 0 Å². The predicted molar refractivity (Wildman–Crippen MR) is 78.5 cm³/mol. The molecule has 1 saturated heterocycles. The minimum absolute atomic E-state index is 0.213. The Bertz CT molecular complexity index is 569. The summed E-state index contributed by atoms with van der Waals surface area (Å²) in [4.78, 5) is 23.2. The van der Waals surface area contributed by atoms with Crippen molar-refractivity contribution in [2.24, 2.45) is 0 Å². The lowest BCUT2D eigenvalue weighted by atomic mass is 9.97. The molecule has 1 aromatic heterocycles. The van der Waals surface area contributed by atoms with Gasteiger partial charge < -0.3 is 30.1 Å². The number of ether oxygens (including phenoxy) is 2. The lowest BCUT2D eigenvalue weighted by Crippen LogP contribution is -2.64. The van der Waals surface area contributed by atoms with Gasteiger partial charge in [0.25, 0.3) is 0 Å². The molecule has 12 heteroatoms. The van der Waals surface area contributed by atoms with Gasteiger partial charge in [-0.2, -0.15) is 0 Å². The minimum Gasteiger partial charge on any atom is -0.461 e. The van der Waals surface area contributed by atoms with Crippen LogP contribution >= 0.6 is 0 Å². The van der Waals surface area contributed by atoms with Crippen LogP contribution in [-0.2, 0) is 25.6 Å². The number of amides is 1. The van der Waals surface area contributed by atoms with Crippen LogP contribution in [0.5, 0.6) is 0 Å². The molecule has 0 spiro atoms. The van der Waals surface area contributed by atoms with Gasteiger partial charge in [0, 0.05) is 6.42 Å². The van der Waals surface area contributed by atoms with Gasteiger partial charge in [0.2, 0.25) is 5.91 Å². The zero-order chi connectivity index (χ0) is 18.4. The zero-order valence-corrected chi connectivity index (χ0v) is 13.6. The van der Waals surface area contributed by atoms with E-state index in [4.69, 9.17) is 9.47 Å². The van der Waals surface area contributed by atoms with Crippen molar-refractivity contribution in [3.63, 3.8) is 0 Å². The third kappa shape index (κ3) is 5.16. The Balaban J connectivity index is 1.85. The topological polar surface area (TPSA) is 169 Å². The van der Waals surface area contributed by atoms with Gasteiger partial charge >= 0.3 is 5.97 Å². The number of rotatable bonds is 7. The first kappa shape index (κ1) is 19.2. The van der Waals surface area contributed by atoms with Gasteiger partial charge in [-0.3, -0.25) is 9.59 Å². The monoisotopic (exact) mass is 359 g/mol. The number of esters is 1.